The Hall–Kier alpha value is -2.70. The number of anilines is 1. The molecule has 0 saturated heterocycles. The van der Waals surface area contributed by atoms with Crippen LogP contribution in [0, 0.1) is 0 Å². The van der Waals surface area contributed by atoms with E-state index in [1.807, 2.05) is 0 Å². The van der Waals surface area contributed by atoms with Crippen LogP contribution in [0.5, 0.6) is 28.9 Å². The molecule has 1 heterocycles. The van der Waals surface area contributed by atoms with E-state index in [1.165, 1.54) is 27.7 Å². The fraction of sp³-hybridized carbons (Fsp3) is 0.231. The molecule has 2 N–H and O–H groups in total. The van der Waals surface area contributed by atoms with Crippen LogP contribution in [-0.2, 0) is 0 Å². The number of aromatic nitrogens is 2. The summed E-state index contributed by atoms with van der Waals surface area (Å²) in [5, 5.41) is 0. The van der Waals surface area contributed by atoms with Gasteiger partial charge in [-0.15, -0.1) is 0 Å². The largest absolute Gasteiger partial charge is 0.493 e. The van der Waals surface area contributed by atoms with E-state index in [-0.39, 0.29) is 17.4 Å². The highest BCUT2D eigenvalue weighted by Crippen LogP contribution is 2.42. The van der Waals surface area contributed by atoms with Crippen LogP contribution in [0.1, 0.15) is 0 Å². The van der Waals surface area contributed by atoms with Gasteiger partial charge in [0.25, 0.3) is 5.88 Å². The van der Waals surface area contributed by atoms with E-state index in [4.69, 9.17) is 24.7 Å². The summed E-state index contributed by atoms with van der Waals surface area (Å²) in [5.41, 5.74) is 5.71. The average molecular weight is 277 g/mol. The molecule has 0 atom stereocenters. The molecule has 0 unspecified atom stereocenters. The maximum atomic E-state index is 5.72. The van der Waals surface area contributed by atoms with Gasteiger partial charge in [0, 0.05) is 0 Å². The summed E-state index contributed by atoms with van der Waals surface area (Å²) in [6.45, 7) is 0. The monoisotopic (exact) mass is 277 g/mol. The molecule has 7 nitrogen and oxygen atoms in total. The van der Waals surface area contributed by atoms with E-state index in [0.29, 0.717) is 17.2 Å². The van der Waals surface area contributed by atoms with Gasteiger partial charge < -0.3 is 24.7 Å². The van der Waals surface area contributed by atoms with Gasteiger partial charge in [0.15, 0.2) is 17.3 Å². The topological polar surface area (TPSA) is 88.7 Å². The first-order chi connectivity index (χ1) is 9.71. The third-order valence-electron chi connectivity index (χ3n) is 2.58. The van der Waals surface area contributed by atoms with Gasteiger partial charge in [-0.05, 0) is 12.1 Å². The maximum absolute atomic E-state index is 5.72. The van der Waals surface area contributed by atoms with Gasteiger partial charge >= 0.3 is 0 Å². The molecule has 0 bridgehead atoms. The van der Waals surface area contributed by atoms with Crippen molar-refractivity contribution in [2.24, 2.45) is 0 Å². The number of para-hydroxylation sites is 1. The number of ether oxygens (including phenoxy) is 4. The van der Waals surface area contributed by atoms with Gasteiger partial charge in [-0.3, -0.25) is 0 Å². The summed E-state index contributed by atoms with van der Waals surface area (Å²) in [6, 6.07) is 5.28. The summed E-state index contributed by atoms with van der Waals surface area (Å²) >= 11 is 0. The third kappa shape index (κ3) is 2.51. The smallest absolute Gasteiger partial charge is 0.268 e. The summed E-state index contributed by atoms with van der Waals surface area (Å²) < 4.78 is 21.3. The lowest BCUT2D eigenvalue weighted by Gasteiger charge is -2.14. The Morgan fingerprint density at radius 3 is 2.10 bits per heavy atom. The summed E-state index contributed by atoms with van der Waals surface area (Å²) in [5.74, 6) is 2.01. The van der Waals surface area contributed by atoms with Crippen molar-refractivity contribution in [3.05, 3.63) is 24.5 Å². The Bertz CT molecular complexity index is 582. The zero-order chi connectivity index (χ0) is 14.5. The van der Waals surface area contributed by atoms with Gasteiger partial charge in [0.1, 0.15) is 6.33 Å². The number of nitrogen functional groups attached to an aromatic ring is 1. The second-order valence-corrected chi connectivity index (χ2v) is 3.69. The molecular formula is C13H15N3O4. The van der Waals surface area contributed by atoms with Crippen molar-refractivity contribution in [3.63, 3.8) is 0 Å². The van der Waals surface area contributed by atoms with Crippen LogP contribution in [0.2, 0.25) is 0 Å². The van der Waals surface area contributed by atoms with Crippen LogP contribution in [0.4, 0.5) is 5.82 Å². The minimum Gasteiger partial charge on any atom is -0.493 e. The van der Waals surface area contributed by atoms with Crippen molar-refractivity contribution in [3.8, 4) is 28.9 Å². The van der Waals surface area contributed by atoms with Crippen LogP contribution < -0.4 is 24.7 Å². The first-order valence-electron chi connectivity index (χ1n) is 5.74. The molecule has 20 heavy (non-hydrogen) atoms. The molecular weight excluding hydrogens is 262 g/mol. The highest BCUT2D eigenvalue weighted by Gasteiger charge is 2.17. The zero-order valence-corrected chi connectivity index (χ0v) is 11.4. The molecule has 2 aromatic rings. The van der Waals surface area contributed by atoms with Gasteiger partial charge in [0.2, 0.25) is 11.5 Å². The molecule has 1 aromatic heterocycles. The Morgan fingerprint density at radius 1 is 0.900 bits per heavy atom. The number of hydrogen-bond donors (Lipinski definition) is 1. The molecule has 0 spiro atoms. The molecule has 0 aliphatic rings. The van der Waals surface area contributed by atoms with E-state index < -0.39 is 0 Å². The Morgan fingerprint density at radius 2 is 1.55 bits per heavy atom. The fourth-order valence-corrected chi connectivity index (χ4v) is 1.65. The standard InChI is InChI=1S/C13H15N3O4/c1-17-8-5-4-6-9(18-2)10(8)20-13-11(19-3)12(14)15-7-16-13/h4-7H,1-3H3,(H2,14,15,16). The molecule has 0 radical (unpaired) electrons. The van der Waals surface area contributed by atoms with Gasteiger partial charge in [-0.1, -0.05) is 6.07 Å². The molecule has 0 saturated carbocycles. The Labute approximate surface area is 116 Å². The second-order valence-electron chi connectivity index (χ2n) is 3.69. The van der Waals surface area contributed by atoms with Gasteiger partial charge in [-0.25, -0.2) is 4.98 Å². The van der Waals surface area contributed by atoms with Crippen LogP contribution in [0.15, 0.2) is 24.5 Å². The number of nitrogens with two attached hydrogens (primary N) is 1. The minimum atomic E-state index is 0.183. The van der Waals surface area contributed by atoms with Crippen molar-refractivity contribution in [2.45, 2.75) is 0 Å². The lowest BCUT2D eigenvalue weighted by atomic mass is 10.3. The molecule has 2 rings (SSSR count). The lowest BCUT2D eigenvalue weighted by Crippen LogP contribution is -2.01. The van der Waals surface area contributed by atoms with Crippen molar-refractivity contribution < 1.29 is 18.9 Å². The van der Waals surface area contributed by atoms with E-state index in [9.17, 15) is 0 Å². The normalized spacial score (nSPS) is 9.95. The number of methoxy groups -OCH3 is 3. The average Bonchev–Trinajstić information content (AvgIpc) is 2.47. The summed E-state index contributed by atoms with van der Waals surface area (Å²) in [6.07, 6.45) is 1.29. The molecule has 106 valence electrons. The quantitative estimate of drug-likeness (QED) is 0.892. The van der Waals surface area contributed by atoms with Crippen molar-refractivity contribution in [1.82, 2.24) is 9.97 Å². The first kappa shape index (κ1) is 13.7. The predicted octanol–water partition coefficient (Wildman–Crippen LogP) is 1.88. The Balaban J connectivity index is 2.47. The molecule has 0 aliphatic carbocycles. The number of benzene rings is 1. The molecule has 7 heteroatoms. The highest BCUT2D eigenvalue weighted by atomic mass is 16.6. The van der Waals surface area contributed by atoms with Crippen LogP contribution in [0.25, 0.3) is 0 Å². The minimum absolute atomic E-state index is 0.183. The van der Waals surface area contributed by atoms with Crippen LogP contribution in [-0.4, -0.2) is 31.3 Å². The molecule has 0 aliphatic heterocycles. The summed E-state index contributed by atoms with van der Waals surface area (Å²) in [4.78, 5) is 7.84. The van der Waals surface area contributed by atoms with Crippen LogP contribution >= 0.6 is 0 Å². The Kier molecular flexibility index (Phi) is 4.09. The molecule has 0 fully saturated rings. The SMILES string of the molecule is COc1cccc(OC)c1Oc1ncnc(N)c1OC. The lowest BCUT2D eigenvalue weighted by molar-refractivity contribution is 0.326. The maximum Gasteiger partial charge on any atom is 0.268 e. The van der Waals surface area contributed by atoms with Crippen molar-refractivity contribution in [1.29, 1.82) is 0 Å². The molecule has 1 aromatic carbocycles. The fourth-order valence-electron chi connectivity index (χ4n) is 1.65. The van der Waals surface area contributed by atoms with Gasteiger partial charge in [0.05, 0.1) is 21.3 Å². The first-order valence-corrected chi connectivity index (χ1v) is 5.74. The molecule has 0 amide bonds. The zero-order valence-electron chi connectivity index (χ0n) is 11.4. The van der Waals surface area contributed by atoms with Gasteiger partial charge in [-0.2, -0.15) is 4.98 Å². The van der Waals surface area contributed by atoms with E-state index >= 15 is 0 Å². The number of rotatable bonds is 5. The van der Waals surface area contributed by atoms with Crippen LogP contribution in [0.3, 0.4) is 0 Å². The third-order valence-corrected chi connectivity index (χ3v) is 2.58. The van der Waals surface area contributed by atoms with E-state index in [0.717, 1.165) is 0 Å². The van der Waals surface area contributed by atoms with Crippen molar-refractivity contribution in [2.75, 3.05) is 27.1 Å². The number of nitrogens with zero attached hydrogens (tertiary/aromatic N) is 2. The van der Waals surface area contributed by atoms with E-state index in [1.54, 1.807) is 18.2 Å². The second kappa shape index (κ2) is 5.96. The van der Waals surface area contributed by atoms with Crippen molar-refractivity contribution >= 4 is 5.82 Å². The summed E-state index contributed by atoms with van der Waals surface area (Å²) in [7, 11) is 4.53. The highest BCUT2D eigenvalue weighted by molar-refractivity contribution is 5.57. The van der Waals surface area contributed by atoms with E-state index in [2.05, 4.69) is 9.97 Å². The number of hydrogen-bond acceptors (Lipinski definition) is 7. The predicted molar refractivity (Wildman–Crippen MR) is 72.6 cm³/mol.